The predicted octanol–water partition coefficient (Wildman–Crippen LogP) is 2.92. The lowest BCUT2D eigenvalue weighted by Crippen LogP contribution is -2.36. The maximum atomic E-state index is 11.0. The van der Waals surface area contributed by atoms with Crippen LogP contribution in [-0.2, 0) is 11.3 Å². The van der Waals surface area contributed by atoms with E-state index in [4.69, 9.17) is 5.11 Å². The van der Waals surface area contributed by atoms with E-state index in [1.807, 2.05) is 35.2 Å². The predicted molar refractivity (Wildman–Crippen MR) is 79.5 cm³/mol. The zero-order chi connectivity index (χ0) is 14.5. The maximum absolute atomic E-state index is 11.0. The van der Waals surface area contributed by atoms with Crippen molar-refractivity contribution in [1.82, 2.24) is 9.88 Å². The largest absolute Gasteiger partial charge is 0.480 e. The second-order valence-corrected chi connectivity index (χ2v) is 5.04. The van der Waals surface area contributed by atoms with Gasteiger partial charge < -0.3 is 5.11 Å². The molecular weight excluding hydrogens is 252 g/mol. The van der Waals surface area contributed by atoms with Crippen LogP contribution in [0.4, 0.5) is 0 Å². The van der Waals surface area contributed by atoms with Crippen molar-refractivity contribution in [2.45, 2.75) is 32.9 Å². The van der Waals surface area contributed by atoms with Gasteiger partial charge in [0.2, 0.25) is 0 Å². The van der Waals surface area contributed by atoms with Crippen LogP contribution >= 0.6 is 0 Å². The Morgan fingerprint density at radius 3 is 2.80 bits per heavy atom. The molecule has 0 aliphatic carbocycles. The molecule has 2 aromatic rings. The van der Waals surface area contributed by atoms with Crippen LogP contribution < -0.4 is 0 Å². The van der Waals surface area contributed by atoms with Crippen LogP contribution in [0.25, 0.3) is 10.9 Å². The van der Waals surface area contributed by atoms with Crippen LogP contribution in [0.3, 0.4) is 0 Å². The van der Waals surface area contributed by atoms with Crippen LogP contribution in [0, 0.1) is 0 Å². The number of carboxylic acids is 1. The summed E-state index contributed by atoms with van der Waals surface area (Å²) in [4.78, 5) is 17.4. The van der Waals surface area contributed by atoms with Crippen molar-refractivity contribution in [3.8, 4) is 0 Å². The van der Waals surface area contributed by atoms with Crippen molar-refractivity contribution < 1.29 is 9.90 Å². The molecule has 0 amide bonds. The number of aliphatic carboxylic acids is 1. The highest BCUT2D eigenvalue weighted by Gasteiger charge is 2.16. The van der Waals surface area contributed by atoms with Crippen molar-refractivity contribution in [1.29, 1.82) is 0 Å². The number of nitrogens with zero attached hydrogens (tertiary/aromatic N) is 2. The third-order valence-electron chi connectivity index (χ3n) is 3.67. The lowest BCUT2D eigenvalue weighted by Gasteiger charge is -2.27. The highest BCUT2D eigenvalue weighted by atomic mass is 16.4. The van der Waals surface area contributed by atoms with E-state index >= 15 is 0 Å². The molecule has 1 aromatic carbocycles. The number of aromatic nitrogens is 1. The minimum absolute atomic E-state index is 0.0612. The molecule has 1 atom stereocenters. The highest BCUT2D eigenvalue weighted by molar-refractivity contribution is 5.81. The van der Waals surface area contributed by atoms with Crippen molar-refractivity contribution in [2.24, 2.45) is 0 Å². The third kappa shape index (κ3) is 3.33. The van der Waals surface area contributed by atoms with Crippen LogP contribution in [0.2, 0.25) is 0 Å². The molecule has 1 N–H and O–H groups in total. The van der Waals surface area contributed by atoms with Crippen molar-refractivity contribution >= 4 is 16.9 Å². The zero-order valence-electron chi connectivity index (χ0n) is 11.9. The summed E-state index contributed by atoms with van der Waals surface area (Å²) in [5, 5.41) is 10.2. The molecule has 0 saturated heterocycles. The molecule has 0 radical (unpaired) electrons. The van der Waals surface area contributed by atoms with Crippen molar-refractivity contribution in [3.63, 3.8) is 0 Å². The Morgan fingerprint density at radius 1 is 1.35 bits per heavy atom. The number of para-hydroxylation sites is 1. The average Bonchev–Trinajstić information content (AvgIpc) is 2.45. The normalized spacial score (nSPS) is 12.8. The standard InChI is InChI=1S/C16H20N2O2/c1-3-12(2)18(11-16(19)20)10-13-8-9-17-15-7-5-4-6-14(13)15/h4-9,12H,3,10-11H2,1-2H3,(H,19,20). The molecule has 1 heterocycles. The van der Waals surface area contributed by atoms with Gasteiger partial charge in [0.15, 0.2) is 0 Å². The molecule has 4 heteroatoms. The Kier molecular flexibility index (Phi) is 4.69. The quantitative estimate of drug-likeness (QED) is 0.878. The van der Waals surface area contributed by atoms with Gasteiger partial charge >= 0.3 is 5.97 Å². The van der Waals surface area contributed by atoms with Crippen LogP contribution in [0.5, 0.6) is 0 Å². The number of pyridine rings is 1. The first-order chi connectivity index (χ1) is 9.61. The summed E-state index contributed by atoms with van der Waals surface area (Å²) >= 11 is 0. The van der Waals surface area contributed by atoms with Gasteiger partial charge in [-0.1, -0.05) is 25.1 Å². The number of benzene rings is 1. The van der Waals surface area contributed by atoms with Gasteiger partial charge in [-0.3, -0.25) is 14.7 Å². The Balaban J connectivity index is 2.30. The monoisotopic (exact) mass is 272 g/mol. The van der Waals surface area contributed by atoms with Crippen molar-refractivity contribution in [3.05, 3.63) is 42.1 Å². The second-order valence-electron chi connectivity index (χ2n) is 5.04. The van der Waals surface area contributed by atoms with Crippen molar-refractivity contribution in [2.75, 3.05) is 6.54 Å². The number of hydrogen-bond acceptors (Lipinski definition) is 3. The highest BCUT2D eigenvalue weighted by Crippen LogP contribution is 2.19. The van der Waals surface area contributed by atoms with Gasteiger partial charge in [0.05, 0.1) is 12.1 Å². The number of rotatable bonds is 6. The SMILES string of the molecule is CCC(C)N(CC(=O)O)Cc1ccnc2ccccc12. The smallest absolute Gasteiger partial charge is 0.317 e. The fourth-order valence-electron chi connectivity index (χ4n) is 2.31. The molecule has 1 aromatic heterocycles. The van der Waals surface area contributed by atoms with Gasteiger partial charge in [-0.25, -0.2) is 0 Å². The summed E-state index contributed by atoms with van der Waals surface area (Å²) in [5.74, 6) is -0.788. The molecule has 106 valence electrons. The summed E-state index contributed by atoms with van der Waals surface area (Å²) < 4.78 is 0. The van der Waals surface area contributed by atoms with Crippen LogP contribution in [-0.4, -0.2) is 33.5 Å². The molecule has 0 bridgehead atoms. The number of hydrogen-bond donors (Lipinski definition) is 1. The molecule has 0 saturated carbocycles. The first kappa shape index (κ1) is 14.5. The van der Waals surface area contributed by atoms with E-state index in [2.05, 4.69) is 18.8 Å². The van der Waals surface area contributed by atoms with E-state index in [-0.39, 0.29) is 12.6 Å². The van der Waals surface area contributed by atoms with Gasteiger partial charge in [0, 0.05) is 24.2 Å². The molecule has 4 nitrogen and oxygen atoms in total. The topological polar surface area (TPSA) is 53.4 Å². The third-order valence-corrected chi connectivity index (χ3v) is 3.67. The number of carboxylic acid groups (broad SMARTS) is 1. The molecule has 1 unspecified atom stereocenters. The summed E-state index contributed by atoms with van der Waals surface area (Å²) in [6, 6.07) is 10.2. The zero-order valence-corrected chi connectivity index (χ0v) is 11.9. The lowest BCUT2D eigenvalue weighted by molar-refractivity contribution is -0.139. The molecule has 2 rings (SSSR count). The first-order valence-corrected chi connectivity index (χ1v) is 6.90. The molecular formula is C16H20N2O2. The molecule has 0 fully saturated rings. The molecule has 20 heavy (non-hydrogen) atoms. The van der Waals surface area contributed by atoms with Gasteiger partial charge in [-0.15, -0.1) is 0 Å². The number of carbonyl (C=O) groups is 1. The van der Waals surface area contributed by atoms with Gasteiger partial charge in [0.1, 0.15) is 0 Å². The minimum atomic E-state index is -0.788. The van der Waals surface area contributed by atoms with Gasteiger partial charge in [0.25, 0.3) is 0 Å². The first-order valence-electron chi connectivity index (χ1n) is 6.90. The van der Waals surface area contributed by atoms with E-state index < -0.39 is 5.97 Å². The number of fused-ring (bicyclic) bond motifs is 1. The average molecular weight is 272 g/mol. The molecule has 0 aliphatic rings. The van der Waals surface area contributed by atoms with E-state index in [9.17, 15) is 4.79 Å². The van der Waals surface area contributed by atoms with E-state index in [0.29, 0.717) is 6.54 Å². The summed E-state index contributed by atoms with van der Waals surface area (Å²) in [6.07, 6.45) is 2.71. The van der Waals surface area contributed by atoms with Crippen LogP contribution in [0.1, 0.15) is 25.8 Å². The van der Waals surface area contributed by atoms with Gasteiger partial charge in [-0.05, 0) is 31.0 Å². The second kappa shape index (κ2) is 6.48. The summed E-state index contributed by atoms with van der Waals surface area (Å²) in [7, 11) is 0. The fourth-order valence-corrected chi connectivity index (χ4v) is 2.31. The fraction of sp³-hybridized carbons (Fsp3) is 0.375. The lowest BCUT2D eigenvalue weighted by atomic mass is 10.1. The Bertz CT molecular complexity index is 593. The Labute approximate surface area is 119 Å². The Morgan fingerprint density at radius 2 is 2.10 bits per heavy atom. The maximum Gasteiger partial charge on any atom is 0.317 e. The summed E-state index contributed by atoms with van der Waals surface area (Å²) in [6.45, 7) is 4.83. The molecule has 0 spiro atoms. The minimum Gasteiger partial charge on any atom is -0.480 e. The van der Waals surface area contributed by atoms with Gasteiger partial charge in [-0.2, -0.15) is 0 Å². The van der Waals surface area contributed by atoms with E-state index in [0.717, 1.165) is 22.9 Å². The van der Waals surface area contributed by atoms with E-state index in [1.54, 1.807) is 6.20 Å². The van der Waals surface area contributed by atoms with E-state index in [1.165, 1.54) is 0 Å². The Hall–Kier alpha value is -1.94. The van der Waals surface area contributed by atoms with Crippen LogP contribution in [0.15, 0.2) is 36.5 Å². The molecule has 0 aliphatic heterocycles. The summed E-state index contributed by atoms with van der Waals surface area (Å²) in [5.41, 5.74) is 2.07.